The molecule has 0 aliphatic heterocycles. The molecule has 0 bridgehead atoms. The topological polar surface area (TPSA) is 46.5 Å². The van der Waals surface area contributed by atoms with Crippen LogP contribution in [0.3, 0.4) is 0 Å². The third-order valence-corrected chi connectivity index (χ3v) is 0.868. The average Bonchev–Trinajstić information content (AvgIpc) is 2.19. The van der Waals surface area contributed by atoms with Gasteiger partial charge < -0.3 is 9.84 Å². The molecule has 0 spiro atoms. The van der Waals surface area contributed by atoms with E-state index in [1.54, 1.807) is 0 Å². The number of unbranched alkanes of at least 4 members (excludes halogenated alkanes) is 1. The van der Waals surface area contributed by atoms with E-state index in [1.807, 2.05) is 6.92 Å². The van der Waals surface area contributed by atoms with Gasteiger partial charge in [0.1, 0.15) is 6.61 Å². The highest BCUT2D eigenvalue weighted by molar-refractivity contribution is 5.67. The first kappa shape index (κ1) is 17.9. The minimum Gasteiger partial charge on any atom is -0.480 e. The average molecular weight is 188 g/mol. The number of hydrogen-bond donors (Lipinski definition) is 1. The van der Waals surface area contributed by atoms with Crippen LogP contribution in [-0.4, -0.2) is 24.3 Å². The fourth-order valence-corrected chi connectivity index (χ4v) is 0.406. The van der Waals surface area contributed by atoms with Crippen LogP contribution in [0.15, 0.2) is 26.3 Å². The number of ether oxygens (including phenoxy) is 1. The van der Waals surface area contributed by atoms with Gasteiger partial charge in [0.25, 0.3) is 0 Å². The van der Waals surface area contributed by atoms with E-state index in [9.17, 15) is 4.79 Å². The Kier molecular flexibility index (Phi) is 30.8. The zero-order valence-electron chi connectivity index (χ0n) is 8.42. The summed E-state index contributed by atoms with van der Waals surface area (Å²) >= 11 is 0. The Hall–Kier alpha value is -1.09. The molecule has 0 radical (unpaired) electrons. The van der Waals surface area contributed by atoms with Crippen LogP contribution < -0.4 is 0 Å². The van der Waals surface area contributed by atoms with E-state index < -0.39 is 5.97 Å². The Labute approximate surface area is 80.7 Å². The Bertz CT molecular complexity index is 100. The summed E-state index contributed by atoms with van der Waals surface area (Å²) in [6.07, 6.45) is 1.98. The molecule has 78 valence electrons. The van der Waals surface area contributed by atoms with E-state index in [0.717, 1.165) is 12.8 Å². The highest BCUT2D eigenvalue weighted by Crippen LogP contribution is 1.86. The van der Waals surface area contributed by atoms with Crippen molar-refractivity contribution in [3.8, 4) is 0 Å². The van der Waals surface area contributed by atoms with E-state index in [2.05, 4.69) is 26.3 Å². The number of hydrogen-bond acceptors (Lipinski definition) is 2. The lowest BCUT2D eigenvalue weighted by Crippen LogP contribution is -2.07. The van der Waals surface area contributed by atoms with Crippen molar-refractivity contribution in [2.75, 3.05) is 13.2 Å². The Morgan fingerprint density at radius 1 is 1.31 bits per heavy atom. The predicted octanol–water partition coefficient (Wildman–Crippen LogP) is 2.49. The molecule has 0 atom stereocenters. The minimum atomic E-state index is -0.897. The molecule has 0 aromatic carbocycles. The maximum atomic E-state index is 9.84. The molecule has 0 aromatic heterocycles. The number of carbonyl (C=O) groups is 1. The number of aliphatic carboxylic acids is 1. The normalized spacial score (nSPS) is 7.15. The number of rotatable bonds is 5. The van der Waals surface area contributed by atoms with Crippen molar-refractivity contribution in [2.24, 2.45) is 0 Å². The summed E-state index contributed by atoms with van der Waals surface area (Å²) in [7, 11) is 0. The van der Waals surface area contributed by atoms with E-state index in [1.165, 1.54) is 0 Å². The van der Waals surface area contributed by atoms with Gasteiger partial charge in [0.2, 0.25) is 0 Å². The summed E-state index contributed by atoms with van der Waals surface area (Å²) in [5.74, 6) is -0.897. The smallest absolute Gasteiger partial charge is 0.329 e. The van der Waals surface area contributed by atoms with Crippen molar-refractivity contribution in [1.82, 2.24) is 0 Å². The molecule has 3 nitrogen and oxygen atoms in total. The summed E-state index contributed by atoms with van der Waals surface area (Å²) in [6.45, 7) is 14.4. The molecule has 0 saturated carbocycles. The Morgan fingerprint density at radius 3 is 2.08 bits per heavy atom. The molecule has 0 aliphatic rings. The maximum Gasteiger partial charge on any atom is 0.329 e. The summed E-state index contributed by atoms with van der Waals surface area (Å²) in [4.78, 5) is 9.84. The van der Waals surface area contributed by atoms with E-state index in [-0.39, 0.29) is 6.61 Å². The molecule has 0 saturated heterocycles. The molecule has 0 heterocycles. The van der Waals surface area contributed by atoms with Crippen LogP contribution in [0.1, 0.15) is 19.8 Å². The van der Waals surface area contributed by atoms with Crippen LogP contribution in [0, 0.1) is 0 Å². The first-order chi connectivity index (χ1) is 6.27. The van der Waals surface area contributed by atoms with Crippen LogP contribution >= 0.6 is 0 Å². The fraction of sp³-hybridized carbons (Fsp3) is 0.500. The molecule has 0 amide bonds. The van der Waals surface area contributed by atoms with Crippen molar-refractivity contribution in [3.63, 3.8) is 0 Å². The lowest BCUT2D eigenvalue weighted by Gasteiger charge is -1.96. The monoisotopic (exact) mass is 188 g/mol. The Morgan fingerprint density at radius 2 is 1.77 bits per heavy atom. The quantitative estimate of drug-likeness (QED) is 0.532. The third kappa shape index (κ3) is 35.9. The van der Waals surface area contributed by atoms with Crippen molar-refractivity contribution in [1.29, 1.82) is 0 Å². The molecule has 0 unspecified atom stereocenters. The van der Waals surface area contributed by atoms with Crippen LogP contribution in [0.5, 0.6) is 0 Å². The first-order valence-corrected chi connectivity index (χ1v) is 4.07. The van der Waals surface area contributed by atoms with Gasteiger partial charge in [-0.1, -0.05) is 13.3 Å². The second-order valence-corrected chi connectivity index (χ2v) is 1.80. The van der Waals surface area contributed by atoms with Gasteiger partial charge >= 0.3 is 5.97 Å². The van der Waals surface area contributed by atoms with Crippen molar-refractivity contribution >= 4 is 5.97 Å². The molecular weight excluding hydrogens is 168 g/mol. The third-order valence-electron chi connectivity index (χ3n) is 0.868. The highest BCUT2D eigenvalue weighted by Gasteiger charge is 1.93. The van der Waals surface area contributed by atoms with Crippen LogP contribution in [0.4, 0.5) is 0 Å². The van der Waals surface area contributed by atoms with Gasteiger partial charge in [-0.3, -0.25) is 0 Å². The van der Waals surface area contributed by atoms with Gasteiger partial charge in [0.05, 0.1) is 0 Å². The lowest BCUT2D eigenvalue weighted by atomic mass is 10.4. The van der Waals surface area contributed by atoms with Gasteiger partial charge in [-0.2, -0.15) is 0 Å². The predicted molar refractivity (Wildman–Crippen MR) is 55.9 cm³/mol. The first-order valence-electron chi connectivity index (χ1n) is 4.07. The largest absolute Gasteiger partial charge is 0.480 e. The van der Waals surface area contributed by atoms with Crippen molar-refractivity contribution < 1.29 is 14.6 Å². The summed E-state index contributed by atoms with van der Waals surface area (Å²) < 4.78 is 4.74. The number of carboxylic acid groups (broad SMARTS) is 1. The molecule has 1 N–H and O–H groups in total. The van der Waals surface area contributed by atoms with Crippen LogP contribution in [0.25, 0.3) is 0 Å². The maximum absolute atomic E-state index is 9.84. The van der Waals surface area contributed by atoms with Gasteiger partial charge in [-0.25, -0.2) is 4.79 Å². The molecule has 0 rings (SSSR count). The van der Waals surface area contributed by atoms with Gasteiger partial charge in [0, 0.05) is 6.61 Å². The molecule has 13 heavy (non-hydrogen) atoms. The van der Waals surface area contributed by atoms with Gasteiger partial charge in [-0.05, 0) is 6.42 Å². The van der Waals surface area contributed by atoms with E-state index in [0.29, 0.717) is 6.61 Å². The molecule has 0 fully saturated rings. The van der Waals surface area contributed by atoms with Crippen LogP contribution in [-0.2, 0) is 9.53 Å². The molecule has 0 aliphatic carbocycles. The van der Waals surface area contributed by atoms with Crippen molar-refractivity contribution in [2.45, 2.75) is 19.8 Å². The SMILES string of the molecule is C=C.C=C.CCCCOCC(=O)O. The van der Waals surface area contributed by atoms with Crippen LogP contribution in [0.2, 0.25) is 0 Å². The number of carboxylic acids is 1. The second kappa shape index (κ2) is 22.4. The second-order valence-electron chi connectivity index (χ2n) is 1.80. The Balaban J connectivity index is -0.000000218. The fourth-order valence-electron chi connectivity index (χ4n) is 0.406. The zero-order chi connectivity index (χ0) is 11.1. The summed E-state index contributed by atoms with van der Waals surface area (Å²) in [6, 6.07) is 0. The van der Waals surface area contributed by atoms with Crippen molar-refractivity contribution in [3.05, 3.63) is 26.3 Å². The van der Waals surface area contributed by atoms with Gasteiger partial charge in [0.15, 0.2) is 0 Å². The van der Waals surface area contributed by atoms with Gasteiger partial charge in [-0.15, -0.1) is 26.3 Å². The standard InChI is InChI=1S/C6H12O3.2C2H4/c1-2-3-4-9-5-6(7)8;2*1-2/h2-5H2,1H3,(H,7,8);2*1-2H2. The molecule has 3 heteroatoms. The minimum absolute atomic E-state index is 0.167. The molecular formula is C10H20O3. The van der Waals surface area contributed by atoms with E-state index >= 15 is 0 Å². The van der Waals surface area contributed by atoms with E-state index in [4.69, 9.17) is 9.84 Å². The summed E-state index contributed by atoms with van der Waals surface area (Å²) in [5, 5.41) is 8.09. The lowest BCUT2D eigenvalue weighted by molar-refractivity contribution is -0.142. The highest BCUT2D eigenvalue weighted by atomic mass is 16.5. The zero-order valence-corrected chi connectivity index (χ0v) is 8.42. The molecule has 0 aromatic rings. The summed E-state index contributed by atoms with van der Waals surface area (Å²) in [5.41, 5.74) is 0.